The van der Waals surface area contributed by atoms with E-state index in [1.54, 1.807) is 12.1 Å². The Labute approximate surface area is 85.1 Å². The van der Waals surface area contributed by atoms with Crippen molar-refractivity contribution in [1.29, 1.82) is 5.26 Å². The van der Waals surface area contributed by atoms with Gasteiger partial charge in [0, 0.05) is 24.2 Å². The van der Waals surface area contributed by atoms with Crippen LogP contribution in [0.25, 0.3) is 11.3 Å². The van der Waals surface area contributed by atoms with Crippen LogP contribution in [0.2, 0.25) is 0 Å². The van der Waals surface area contributed by atoms with Crippen LogP contribution >= 0.6 is 0 Å². The first kappa shape index (κ1) is 9.09. The average molecular weight is 198 g/mol. The molecular weight excluding hydrogens is 192 g/mol. The van der Waals surface area contributed by atoms with Crippen molar-refractivity contribution < 1.29 is 0 Å². The molecular formula is C10H6N4O. The van der Waals surface area contributed by atoms with Crippen LogP contribution in [0, 0.1) is 11.3 Å². The summed E-state index contributed by atoms with van der Waals surface area (Å²) in [5.41, 5.74) is 1.47. The third-order valence-corrected chi connectivity index (χ3v) is 1.86. The van der Waals surface area contributed by atoms with Crippen LogP contribution in [0.3, 0.4) is 0 Å². The summed E-state index contributed by atoms with van der Waals surface area (Å²) in [6, 6.07) is 5.34. The zero-order chi connectivity index (χ0) is 10.7. The summed E-state index contributed by atoms with van der Waals surface area (Å²) in [5, 5.41) is 8.59. The van der Waals surface area contributed by atoms with Gasteiger partial charge in [-0.05, 0) is 12.1 Å². The van der Waals surface area contributed by atoms with Gasteiger partial charge in [0.15, 0.2) is 0 Å². The molecule has 0 unspecified atom stereocenters. The average Bonchev–Trinajstić information content (AvgIpc) is 2.30. The third kappa shape index (κ3) is 1.89. The maximum Gasteiger partial charge on any atom is 0.344 e. The Balaban J connectivity index is 2.42. The molecule has 15 heavy (non-hydrogen) atoms. The van der Waals surface area contributed by atoms with Crippen molar-refractivity contribution in [2.24, 2.45) is 0 Å². The van der Waals surface area contributed by atoms with Gasteiger partial charge in [-0.3, -0.25) is 4.98 Å². The van der Waals surface area contributed by atoms with E-state index in [2.05, 4.69) is 15.0 Å². The highest BCUT2D eigenvalue weighted by molar-refractivity contribution is 5.56. The van der Waals surface area contributed by atoms with Gasteiger partial charge in [0.2, 0.25) is 0 Å². The lowest BCUT2D eigenvalue weighted by Crippen LogP contribution is -2.08. The molecule has 2 aromatic rings. The molecule has 5 nitrogen and oxygen atoms in total. The van der Waals surface area contributed by atoms with E-state index in [1.165, 1.54) is 18.6 Å². The van der Waals surface area contributed by atoms with Gasteiger partial charge in [-0.2, -0.15) is 5.26 Å². The minimum absolute atomic E-state index is 0.396. The van der Waals surface area contributed by atoms with Crippen LogP contribution < -0.4 is 5.69 Å². The number of hydrogen-bond donors (Lipinski definition) is 1. The number of H-pyrrole nitrogens is 1. The highest BCUT2D eigenvalue weighted by Crippen LogP contribution is 2.12. The van der Waals surface area contributed by atoms with E-state index in [9.17, 15) is 4.79 Å². The van der Waals surface area contributed by atoms with Crippen molar-refractivity contribution in [2.75, 3.05) is 0 Å². The fourth-order valence-corrected chi connectivity index (χ4v) is 1.11. The lowest BCUT2D eigenvalue weighted by Gasteiger charge is -1.98. The second-order valence-electron chi connectivity index (χ2n) is 2.85. The van der Waals surface area contributed by atoms with Gasteiger partial charge in [0.1, 0.15) is 6.07 Å². The fourth-order valence-electron chi connectivity index (χ4n) is 1.11. The standard InChI is InChI=1S/C10H6N4O/c11-3-7-1-2-9(12-4-7)8-5-13-10(15)14-6-8/h1-2,4-6H,(H,13,14,15). The van der Waals surface area contributed by atoms with E-state index in [0.29, 0.717) is 16.8 Å². The Kier molecular flexibility index (Phi) is 2.25. The monoisotopic (exact) mass is 198 g/mol. The summed E-state index contributed by atoms with van der Waals surface area (Å²) < 4.78 is 0. The van der Waals surface area contributed by atoms with Crippen LogP contribution in [0.4, 0.5) is 0 Å². The van der Waals surface area contributed by atoms with Crippen LogP contribution in [0.1, 0.15) is 5.56 Å². The van der Waals surface area contributed by atoms with E-state index in [1.807, 2.05) is 6.07 Å². The molecule has 0 fully saturated rings. The lowest BCUT2D eigenvalue weighted by atomic mass is 10.2. The van der Waals surface area contributed by atoms with Crippen molar-refractivity contribution >= 4 is 0 Å². The Bertz CT molecular complexity index is 545. The summed E-state index contributed by atoms with van der Waals surface area (Å²) >= 11 is 0. The molecule has 0 aliphatic rings. The number of hydrogen-bond acceptors (Lipinski definition) is 4. The van der Waals surface area contributed by atoms with Crippen molar-refractivity contribution in [2.45, 2.75) is 0 Å². The number of pyridine rings is 1. The summed E-state index contributed by atoms with van der Waals surface area (Å²) in [6.07, 6.45) is 4.44. The number of rotatable bonds is 1. The molecule has 2 rings (SSSR count). The molecule has 0 atom stereocenters. The molecule has 2 heterocycles. The molecule has 0 aromatic carbocycles. The Morgan fingerprint density at radius 1 is 1.27 bits per heavy atom. The Hall–Kier alpha value is -2.48. The van der Waals surface area contributed by atoms with E-state index in [0.717, 1.165) is 0 Å². The quantitative estimate of drug-likeness (QED) is 0.731. The van der Waals surface area contributed by atoms with Gasteiger partial charge in [0.05, 0.1) is 11.3 Å². The van der Waals surface area contributed by atoms with Crippen molar-refractivity contribution in [3.63, 3.8) is 0 Å². The number of nitriles is 1. The van der Waals surface area contributed by atoms with Gasteiger partial charge in [-0.25, -0.2) is 9.78 Å². The zero-order valence-electron chi connectivity index (χ0n) is 7.64. The highest BCUT2D eigenvalue weighted by atomic mass is 16.1. The van der Waals surface area contributed by atoms with E-state index >= 15 is 0 Å². The van der Waals surface area contributed by atoms with E-state index in [4.69, 9.17) is 5.26 Å². The smallest absolute Gasteiger partial charge is 0.312 e. The molecule has 0 aliphatic carbocycles. The van der Waals surface area contributed by atoms with Crippen LogP contribution in [0.5, 0.6) is 0 Å². The normalized spacial score (nSPS) is 9.53. The van der Waals surface area contributed by atoms with Crippen LogP contribution in [0.15, 0.2) is 35.5 Å². The molecule has 1 N–H and O–H groups in total. The van der Waals surface area contributed by atoms with Gasteiger partial charge in [0.25, 0.3) is 0 Å². The van der Waals surface area contributed by atoms with Crippen molar-refractivity contribution in [3.8, 4) is 17.3 Å². The summed E-state index contributed by atoms with van der Waals surface area (Å²) in [4.78, 5) is 20.8. The van der Waals surface area contributed by atoms with Crippen LogP contribution in [-0.4, -0.2) is 15.0 Å². The second kappa shape index (κ2) is 3.72. The molecule has 5 heteroatoms. The van der Waals surface area contributed by atoms with Gasteiger partial charge >= 0.3 is 5.69 Å². The molecule has 0 aliphatic heterocycles. The zero-order valence-corrected chi connectivity index (χ0v) is 7.64. The Morgan fingerprint density at radius 2 is 2.13 bits per heavy atom. The minimum atomic E-state index is -0.396. The van der Waals surface area contributed by atoms with Gasteiger partial charge in [-0.15, -0.1) is 0 Å². The molecule has 0 spiro atoms. The summed E-state index contributed by atoms with van der Waals surface area (Å²) in [6.45, 7) is 0. The molecule has 0 bridgehead atoms. The third-order valence-electron chi connectivity index (χ3n) is 1.86. The highest BCUT2D eigenvalue weighted by Gasteiger charge is 1.99. The first-order valence-electron chi connectivity index (χ1n) is 4.21. The predicted octanol–water partition coefficient (Wildman–Crippen LogP) is 0.704. The molecule has 0 saturated heterocycles. The Morgan fingerprint density at radius 3 is 2.67 bits per heavy atom. The SMILES string of the molecule is N#Cc1ccc(-c2cnc(=O)[nH]c2)nc1. The van der Waals surface area contributed by atoms with Gasteiger partial charge in [-0.1, -0.05) is 0 Å². The first-order chi connectivity index (χ1) is 7.29. The maximum absolute atomic E-state index is 10.7. The van der Waals surface area contributed by atoms with Crippen LogP contribution in [-0.2, 0) is 0 Å². The van der Waals surface area contributed by atoms with Crippen molar-refractivity contribution in [1.82, 2.24) is 15.0 Å². The van der Waals surface area contributed by atoms with Crippen molar-refractivity contribution in [3.05, 3.63) is 46.8 Å². The number of aromatic nitrogens is 3. The molecule has 0 saturated carbocycles. The number of nitrogens with one attached hydrogen (secondary N) is 1. The van der Waals surface area contributed by atoms with E-state index < -0.39 is 5.69 Å². The van der Waals surface area contributed by atoms with E-state index in [-0.39, 0.29) is 0 Å². The minimum Gasteiger partial charge on any atom is -0.312 e. The predicted molar refractivity (Wildman–Crippen MR) is 52.8 cm³/mol. The number of nitrogens with zero attached hydrogens (tertiary/aromatic N) is 3. The van der Waals surface area contributed by atoms with Gasteiger partial charge < -0.3 is 4.98 Å². The fraction of sp³-hybridized carbons (Fsp3) is 0. The lowest BCUT2D eigenvalue weighted by molar-refractivity contribution is 1.07. The second-order valence-corrected chi connectivity index (χ2v) is 2.85. The molecule has 0 amide bonds. The maximum atomic E-state index is 10.7. The molecule has 72 valence electrons. The topological polar surface area (TPSA) is 82.4 Å². The molecule has 0 radical (unpaired) electrons. The number of aromatic amines is 1. The summed E-state index contributed by atoms with van der Waals surface area (Å²) in [5.74, 6) is 0. The largest absolute Gasteiger partial charge is 0.344 e. The molecule has 2 aromatic heterocycles. The first-order valence-corrected chi connectivity index (χ1v) is 4.21. The summed E-state index contributed by atoms with van der Waals surface area (Å²) in [7, 11) is 0.